The van der Waals surface area contributed by atoms with Gasteiger partial charge in [-0.3, -0.25) is 4.79 Å². The quantitative estimate of drug-likeness (QED) is 0.921. The number of carbonyl (C=O) groups excluding carboxylic acids is 2. The Labute approximate surface area is 143 Å². The highest BCUT2D eigenvalue weighted by atomic mass is 16.6. The van der Waals surface area contributed by atoms with E-state index in [1.54, 1.807) is 18.1 Å². The molecule has 1 N–H and O–H groups in total. The number of para-hydroxylation sites is 2. The lowest BCUT2D eigenvalue weighted by Gasteiger charge is -2.33. The van der Waals surface area contributed by atoms with E-state index in [9.17, 15) is 9.59 Å². The molecular weight excluding hydrogens is 308 g/mol. The van der Waals surface area contributed by atoms with Crippen LogP contribution >= 0.6 is 0 Å². The van der Waals surface area contributed by atoms with E-state index in [-0.39, 0.29) is 17.9 Å². The first-order valence-corrected chi connectivity index (χ1v) is 8.22. The maximum Gasteiger partial charge on any atom is 0.410 e. The number of piperidine rings is 1. The fraction of sp³-hybridized carbons (Fsp3) is 0.556. The maximum absolute atomic E-state index is 12.4. The van der Waals surface area contributed by atoms with E-state index in [4.69, 9.17) is 9.47 Å². The molecule has 0 aromatic heterocycles. The molecule has 0 atom stereocenters. The first-order chi connectivity index (χ1) is 11.3. The van der Waals surface area contributed by atoms with Crippen LogP contribution < -0.4 is 10.1 Å². The highest BCUT2D eigenvalue weighted by Crippen LogP contribution is 2.26. The number of nitrogens with zero attached hydrogens (tertiary/aromatic N) is 1. The van der Waals surface area contributed by atoms with Crippen molar-refractivity contribution < 1.29 is 19.1 Å². The largest absolute Gasteiger partial charge is 0.495 e. The van der Waals surface area contributed by atoms with Gasteiger partial charge in [0, 0.05) is 19.0 Å². The zero-order valence-corrected chi connectivity index (χ0v) is 14.8. The molecule has 1 saturated heterocycles. The molecular formula is C18H26N2O4. The van der Waals surface area contributed by atoms with E-state index in [0.29, 0.717) is 37.4 Å². The Morgan fingerprint density at radius 1 is 1.17 bits per heavy atom. The van der Waals surface area contributed by atoms with Crippen LogP contribution in [0.15, 0.2) is 24.3 Å². The Bertz CT molecular complexity index is 587. The van der Waals surface area contributed by atoms with E-state index >= 15 is 0 Å². The van der Waals surface area contributed by atoms with Crippen LogP contribution in [0.3, 0.4) is 0 Å². The number of nitrogens with one attached hydrogen (secondary N) is 1. The van der Waals surface area contributed by atoms with Crippen LogP contribution in [0.25, 0.3) is 0 Å². The minimum Gasteiger partial charge on any atom is -0.495 e. The van der Waals surface area contributed by atoms with Gasteiger partial charge in [-0.2, -0.15) is 0 Å². The van der Waals surface area contributed by atoms with Crippen molar-refractivity contribution in [2.45, 2.75) is 39.2 Å². The van der Waals surface area contributed by atoms with Gasteiger partial charge in [-0.15, -0.1) is 0 Å². The number of methoxy groups -OCH3 is 1. The lowest BCUT2D eigenvalue weighted by Crippen LogP contribution is -2.43. The van der Waals surface area contributed by atoms with Crippen molar-refractivity contribution in [1.29, 1.82) is 0 Å². The second-order valence-corrected chi connectivity index (χ2v) is 6.93. The van der Waals surface area contributed by atoms with E-state index in [2.05, 4.69) is 5.32 Å². The Balaban J connectivity index is 1.88. The van der Waals surface area contributed by atoms with Crippen molar-refractivity contribution in [2.75, 3.05) is 25.5 Å². The summed E-state index contributed by atoms with van der Waals surface area (Å²) in [6.07, 6.45) is 0.937. The zero-order chi connectivity index (χ0) is 17.7. The molecule has 1 fully saturated rings. The lowest BCUT2D eigenvalue weighted by molar-refractivity contribution is -0.121. The molecule has 132 valence electrons. The minimum atomic E-state index is -0.505. The summed E-state index contributed by atoms with van der Waals surface area (Å²) in [7, 11) is 1.57. The van der Waals surface area contributed by atoms with Gasteiger partial charge < -0.3 is 19.7 Å². The summed E-state index contributed by atoms with van der Waals surface area (Å²) in [6, 6.07) is 7.32. The fourth-order valence-corrected chi connectivity index (χ4v) is 2.63. The molecule has 1 aromatic rings. The first kappa shape index (κ1) is 18.1. The standard InChI is InChI=1S/C18H26N2O4/c1-18(2,3)24-17(22)20-11-9-13(10-12-20)16(21)19-14-7-5-6-8-15(14)23-4/h5-8,13H,9-12H2,1-4H3,(H,19,21). The average Bonchev–Trinajstić information content (AvgIpc) is 2.54. The van der Waals surface area contributed by atoms with E-state index < -0.39 is 5.60 Å². The van der Waals surface area contributed by atoms with Crippen LogP contribution in [0, 0.1) is 5.92 Å². The molecule has 2 amide bonds. The number of amides is 2. The van der Waals surface area contributed by atoms with E-state index in [1.807, 2.05) is 39.0 Å². The topological polar surface area (TPSA) is 67.9 Å². The van der Waals surface area contributed by atoms with Crippen molar-refractivity contribution in [2.24, 2.45) is 5.92 Å². The SMILES string of the molecule is COc1ccccc1NC(=O)C1CCN(C(=O)OC(C)(C)C)CC1. The van der Waals surface area contributed by atoms with Gasteiger partial charge in [-0.25, -0.2) is 4.79 Å². The number of anilines is 1. The number of hydrogen-bond donors (Lipinski definition) is 1. The molecule has 1 aliphatic rings. The summed E-state index contributed by atoms with van der Waals surface area (Å²) in [5.41, 5.74) is 0.161. The van der Waals surface area contributed by atoms with Gasteiger partial charge in [0.15, 0.2) is 0 Å². The van der Waals surface area contributed by atoms with E-state index in [0.717, 1.165) is 0 Å². The van der Waals surface area contributed by atoms with Gasteiger partial charge in [0.25, 0.3) is 0 Å². The predicted octanol–water partition coefficient (Wildman–Crippen LogP) is 3.28. The summed E-state index contributed by atoms with van der Waals surface area (Å²) in [4.78, 5) is 26.2. The van der Waals surface area contributed by atoms with Crippen molar-refractivity contribution in [1.82, 2.24) is 4.90 Å². The average molecular weight is 334 g/mol. The van der Waals surface area contributed by atoms with Gasteiger partial charge in [0.2, 0.25) is 5.91 Å². The minimum absolute atomic E-state index is 0.0386. The van der Waals surface area contributed by atoms with Gasteiger partial charge in [-0.1, -0.05) is 12.1 Å². The third-order valence-electron chi connectivity index (χ3n) is 3.88. The van der Waals surface area contributed by atoms with Crippen molar-refractivity contribution in [3.05, 3.63) is 24.3 Å². The predicted molar refractivity (Wildman–Crippen MR) is 92.2 cm³/mol. The molecule has 0 saturated carbocycles. The summed E-state index contributed by atoms with van der Waals surface area (Å²) in [6.45, 7) is 6.59. The number of benzene rings is 1. The molecule has 24 heavy (non-hydrogen) atoms. The smallest absolute Gasteiger partial charge is 0.410 e. The molecule has 1 aromatic carbocycles. The highest BCUT2D eigenvalue weighted by molar-refractivity contribution is 5.94. The molecule has 1 heterocycles. The van der Waals surface area contributed by atoms with Crippen LogP contribution in [0.5, 0.6) is 5.75 Å². The summed E-state index contributed by atoms with van der Waals surface area (Å²) in [5, 5.41) is 2.91. The number of rotatable bonds is 3. The molecule has 1 aliphatic heterocycles. The van der Waals surface area contributed by atoms with Crippen LogP contribution in [0.1, 0.15) is 33.6 Å². The third kappa shape index (κ3) is 4.88. The molecule has 6 nitrogen and oxygen atoms in total. The van der Waals surface area contributed by atoms with Crippen LogP contribution in [0.4, 0.5) is 10.5 Å². The van der Waals surface area contributed by atoms with E-state index in [1.165, 1.54) is 0 Å². The monoisotopic (exact) mass is 334 g/mol. The number of likely N-dealkylation sites (tertiary alicyclic amines) is 1. The molecule has 0 radical (unpaired) electrons. The van der Waals surface area contributed by atoms with Crippen LogP contribution in [0.2, 0.25) is 0 Å². The number of carbonyl (C=O) groups is 2. The molecule has 0 spiro atoms. The Hall–Kier alpha value is -2.24. The zero-order valence-electron chi connectivity index (χ0n) is 14.8. The molecule has 6 heteroatoms. The van der Waals surface area contributed by atoms with Gasteiger partial charge in [-0.05, 0) is 45.7 Å². The van der Waals surface area contributed by atoms with Crippen LogP contribution in [-0.4, -0.2) is 42.7 Å². The lowest BCUT2D eigenvalue weighted by atomic mass is 9.96. The van der Waals surface area contributed by atoms with Gasteiger partial charge in [0.1, 0.15) is 11.4 Å². The number of ether oxygens (including phenoxy) is 2. The highest BCUT2D eigenvalue weighted by Gasteiger charge is 2.30. The Kier molecular flexibility index (Phi) is 5.70. The summed E-state index contributed by atoms with van der Waals surface area (Å²) >= 11 is 0. The number of hydrogen-bond acceptors (Lipinski definition) is 4. The molecule has 0 bridgehead atoms. The normalized spacial score (nSPS) is 15.8. The second kappa shape index (κ2) is 7.55. The third-order valence-corrected chi connectivity index (χ3v) is 3.88. The Morgan fingerprint density at radius 3 is 2.38 bits per heavy atom. The van der Waals surface area contributed by atoms with Crippen LogP contribution in [-0.2, 0) is 9.53 Å². The molecule has 0 unspecified atom stereocenters. The Morgan fingerprint density at radius 2 is 1.79 bits per heavy atom. The summed E-state index contributed by atoms with van der Waals surface area (Å²) in [5.74, 6) is 0.481. The molecule has 0 aliphatic carbocycles. The van der Waals surface area contributed by atoms with Gasteiger partial charge in [0.05, 0.1) is 12.8 Å². The molecule has 2 rings (SSSR count). The summed E-state index contributed by atoms with van der Waals surface area (Å²) < 4.78 is 10.6. The second-order valence-electron chi connectivity index (χ2n) is 6.93. The van der Waals surface area contributed by atoms with Gasteiger partial charge >= 0.3 is 6.09 Å². The fourth-order valence-electron chi connectivity index (χ4n) is 2.63. The van der Waals surface area contributed by atoms with Crippen molar-refractivity contribution >= 4 is 17.7 Å². The first-order valence-electron chi connectivity index (χ1n) is 8.22. The maximum atomic E-state index is 12.4. The van der Waals surface area contributed by atoms with Crippen molar-refractivity contribution in [3.63, 3.8) is 0 Å². The van der Waals surface area contributed by atoms with Crippen molar-refractivity contribution in [3.8, 4) is 5.75 Å².